The monoisotopic (exact) mass is 472 g/mol. The zero-order valence-corrected chi connectivity index (χ0v) is 21.7. The number of likely N-dealkylation sites (tertiary alicyclic amines) is 1. The van der Waals surface area contributed by atoms with Crippen LogP contribution in [0.5, 0.6) is 0 Å². The van der Waals surface area contributed by atoms with Crippen molar-refractivity contribution >= 4 is 11.9 Å². The number of likely N-dealkylation sites (N-methyl/N-ethyl adjacent to an activating group) is 1. The Kier molecular flexibility index (Phi) is 7.32. The maximum atomic E-state index is 13.7. The molecule has 9 atom stereocenters. The summed E-state index contributed by atoms with van der Waals surface area (Å²) in [7, 11) is 3.83. The van der Waals surface area contributed by atoms with Crippen LogP contribution in [0.15, 0.2) is 0 Å². The van der Waals surface area contributed by atoms with Crippen molar-refractivity contribution in [1.82, 2.24) is 9.80 Å². The van der Waals surface area contributed by atoms with E-state index in [2.05, 4.69) is 13.0 Å². The number of nitriles is 1. The molecule has 0 aromatic rings. The smallest absolute Gasteiger partial charge is 0.323 e. The molecular weight excluding hydrogens is 428 g/mol. The summed E-state index contributed by atoms with van der Waals surface area (Å²) < 4.78 is 5.71. The molecule has 1 amide bonds. The summed E-state index contributed by atoms with van der Waals surface area (Å²) in [5.41, 5.74) is 6.62. The lowest BCUT2D eigenvalue weighted by Crippen LogP contribution is -2.58. The number of hydrogen-bond donors (Lipinski definition) is 1. The lowest BCUT2D eigenvalue weighted by Gasteiger charge is -2.51. The molecule has 0 radical (unpaired) electrons. The highest BCUT2D eigenvalue weighted by Crippen LogP contribution is 2.56. The first-order chi connectivity index (χ1) is 16.1. The Balaban J connectivity index is 1.39. The quantitative estimate of drug-likeness (QED) is 0.545. The van der Waals surface area contributed by atoms with Crippen LogP contribution in [-0.2, 0) is 14.3 Å². The summed E-state index contributed by atoms with van der Waals surface area (Å²) in [5, 5.41) is 9.64. The van der Waals surface area contributed by atoms with E-state index in [1.165, 1.54) is 6.42 Å². The summed E-state index contributed by atoms with van der Waals surface area (Å²) >= 11 is 0. The van der Waals surface area contributed by atoms with E-state index in [9.17, 15) is 14.9 Å². The number of nitrogens with zero attached hydrogens (tertiary/aromatic N) is 3. The van der Waals surface area contributed by atoms with Crippen LogP contribution in [-0.4, -0.2) is 66.5 Å². The Morgan fingerprint density at radius 1 is 1.26 bits per heavy atom. The predicted octanol–water partition coefficient (Wildman–Crippen LogP) is 3.18. The third-order valence-corrected chi connectivity index (χ3v) is 9.54. The van der Waals surface area contributed by atoms with E-state index in [1.54, 1.807) is 0 Å². The van der Waals surface area contributed by atoms with Crippen LogP contribution in [0.1, 0.15) is 72.1 Å². The fourth-order valence-corrected chi connectivity index (χ4v) is 7.91. The lowest BCUT2D eigenvalue weighted by molar-refractivity contribution is -0.151. The molecule has 3 aliphatic carbocycles. The molecular formula is C27H44N4O3. The SMILES string of the molecule is CC(C)C(C(=O)OCCC1CC2CCCC(C(N)C(=O)N3C(C#N)CC4C(C)C43)(C2)C1)N(C)C. The first-order valence-electron chi connectivity index (χ1n) is 13.4. The van der Waals surface area contributed by atoms with Gasteiger partial charge in [-0.2, -0.15) is 5.26 Å². The molecule has 1 aliphatic heterocycles. The minimum absolute atomic E-state index is 0.00175. The number of rotatable bonds is 8. The van der Waals surface area contributed by atoms with Gasteiger partial charge in [0.2, 0.25) is 5.91 Å². The Morgan fingerprint density at radius 2 is 2.00 bits per heavy atom. The maximum Gasteiger partial charge on any atom is 0.323 e. The van der Waals surface area contributed by atoms with Crippen LogP contribution < -0.4 is 5.73 Å². The summed E-state index contributed by atoms with van der Waals surface area (Å²) in [6, 6.07) is 1.48. The van der Waals surface area contributed by atoms with Gasteiger partial charge in [0, 0.05) is 6.04 Å². The van der Waals surface area contributed by atoms with Crippen molar-refractivity contribution in [2.75, 3.05) is 20.7 Å². The van der Waals surface area contributed by atoms with Crippen molar-refractivity contribution in [2.45, 2.75) is 96.3 Å². The first kappa shape index (κ1) is 25.4. The topological polar surface area (TPSA) is 99.7 Å². The Morgan fingerprint density at radius 3 is 2.65 bits per heavy atom. The van der Waals surface area contributed by atoms with Gasteiger partial charge in [-0.05, 0) is 87.6 Å². The fourth-order valence-electron chi connectivity index (χ4n) is 7.91. The van der Waals surface area contributed by atoms with Crippen molar-refractivity contribution in [3.8, 4) is 6.07 Å². The summed E-state index contributed by atoms with van der Waals surface area (Å²) in [4.78, 5) is 30.1. The number of ether oxygens (including phenoxy) is 1. The second-order valence-corrected chi connectivity index (χ2v) is 12.4. The Labute approximate surface area is 205 Å². The van der Waals surface area contributed by atoms with E-state index in [0.717, 1.165) is 44.9 Å². The lowest BCUT2D eigenvalue weighted by atomic mass is 9.55. The molecule has 3 saturated carbocycles. The van der Waals surface area contributed by atoms with E-state index in [0.29, 0.717) is 30.3 Å². The zero-order valence-electron chi connectivity index (χ0n) is 21.7. The second kappa shape index (κ2) is 9.78. The summed E-state index contributed by atoms with van der Waals surface area (Å²) in [5.74, 6) is 2.02. The number of hydrogen-bond acceptors (Lipinski definition) is 6. The molecule has 2 N–H and O–H groups in total. The van der Waals surface area contributed by atoms with Crippen molar-refractivity contribution in [1.29, 1.82) is 5.26 Å². The average molecular weight is 473 g/mol. The van der Waals surface area contributed by atoms with Crippen LogP contribution >= 0.6 is 0 Å². The molecule has 7 heteroatoms. The van der Waals surface area contributed by atoms with E-state index in [1.807, 2.05) is 37.7 Å². The number of carbonyl (C=O) groups excluding carboxylic acids is 2. The molecule has 4 fully saturated rings. The van der Waals surface area contributed by atoms with Gasteiger partial charge in [-0.1, -0.05) is 33.6 Å². The Hall–Kier alpha value is -1.65. The molecule has 9 unspecified atom stereocenters. The van der Waals surface area contributed by atoms with Crippen LogP contribution in [0.25, 0.3) is 0 Å². The minimum atomic E-state index is -0.540. The van der Waals surface area contributed by atoms with Crippen LogP contribution in [0.3, 0.4) is 0 Å². The van der Waals surface area contributed by atoms with Crippen LogP contribution in [0, 0.1) is 46.3 Å². The van der Waals surface area contributed by atoms with Crippen molar-refractivity contribution < 1.29 is 14.3 Å². The molecule has 7 nitrogen and oxygen atoms in total. The average Bonchev–Trinajstić information content (AvgIpc) is 3.21. The number of carbonyl (C=O) groups is 2. The van der Waals surface area contributed by atoms with E-state index >= 15 is 0 Å². The normalized spacial score (nSPS) is 38.3. The molecule has 4 aliphatic rings. The van der Waals surface area contributed by atoms with Gasteiger partial charge in [-0.25, -0.2) is 0 Å². The van der Waals surface area contributed by atoms with Crippen molar-refractivity contribution in [2.24, 2.45) is 40.7 Å². The highest BCUT2D eigenvalue weighted by atomic mass is 16.5. The summed E-state index contributed by atoms with van der Waals surface area (Å²) in [6.45, 7) is 6.69. The van der Waals surface area contributed by atoms with Gasteiger partial charge in [0.25, 0.3) is 0 Å². The number of esters is 1. The van der Waals surface area contributed by atoms with Crippen molar-refractivity contribution in [3.63, 3.8) is 0 Å². The largest absolute Gasteiger partial charge is 0.465 e. The zero-order chi connectivity index (χ0) is 24.8. The highest BCUT2D eigenvalue weighted by molar-refractivity contribution is 5.84. The number of amides is 1. The molecule has 1 heterocycles. The molecule has 0 aromatic carbocycles. The third kappa shape index (κ3) is 4.60. The molecule has 4 rings (SSSR count). The van der Waals surface area contributed by atoms with Crippen molar-refractivity contribution in [3.05, 3.63) is 0 Å². The van der Waals surface area contributed by atoms with Crippen LogP contribution in [0.4, 0.5) is 0 Å². The minimum Gasteiger partial charge on any atom is -0.465 e. The number of nitrogens with two attached hydrogens (primary N) is 1. The molecule has 0 aromatic heterocycles. The fraction of sp³-hybridized carbons (Fsp3) is 0.889. The van der Waals surface area contributed by atoms with Gasteiger partial charge in [0.1, 0.15) is 12.1 Å². The van der Waals surface area contributed by atoms with Gasteiger partial charge in [-0.3, -0.25) is 14.5 Å². The van der Waals surface area contributed by atoms with E-state index in [4.69, 9.17) is 10.5 Å². The van der Waals surface area contributed by atoms with E-state index in [-0.39, 0.29) is 41.3 Å². The number of fused-ring (bicyclic) bond motifs is 3. The molecule has 190 valence electrons. The highest BCUT2D eigenvalue weighted by Gasteiger charge is 2.62. The van der Waals surface area contributed by atoms with Gasteiger partial charge in [-0.15, -0.1) is 0 Å². The second-order valence-electron chi connectivity index (χ2n) is 12.4. The molecule has 0 spiro atoms. The standard InChI is InChI=1S/C27H44N4O3/c1-16(2)22(30(4)5)26(33)34-10-8-19-11-18-7-6-9-27(13-18,14-19)24(29)25(32)31-20(15-28)12-21-17(3)23(21)31/h16-24H,6-14,29H2,1-5H3. The third-order valence-electron chi connectivity index (χ3n) is 9.54. The Bertz CT molecular complexity index is 815. The van der Waals surface area contributed by atoms with E-state index < -0.39 is 6.04 Å². The first-order valence-corrected chi connectivity index (χ1v) is 13.4. The molecule has 1 saturated heterocycles. The predicted molar refractivity (Wildman–Crippen MR) is 130 cm³/mol. The van der Waals surface area contributed by atoms with Gasteiger partial charge in [0.15, 0.2) is 0 Å². The van der Waals surface area contributed by atoms with Gasteiger partial charge in [0.05, 0.1) is 18.7 Å². The molecule has 2 bridgehead atoms. The van der Waals surface area contributed by atoms with Gasteiger partial charge >= 0.3 is 5.97 Å². The van der Waals surface area contributed by atoms with Crippen LogP contribution in [0.2, 0.25) is 0 Å². The van der Waals surface area contributed by atoms with Gasteiger partial charge < -0.3 is 15.4 Å². The summed E-state index contributed by atoms with van der Waals surface area (Å²) in [6.07, 6.45) is 8.00. The number of piperidine rings is 1. The molecule has 34 heavy (non-hydrogen) atoms. The maximum absolute atomic E-state index is 13.7.